The Balaban J connectivity index is 4.31. The zero-order valence-corrected chi connectivity index (χ0v) is 14.7. The molecule has 0 aromatic heterocycles. The summed E-state index contributed by atoms with van der Waals surface area (Å²) < 4.78 is 282. The fraction of sp³-hybridized carbons (Fsp3) is 1.00. The van der Waals surface area contributed by atoms with Crippen molar-refractivity contribution in [2.45, 2.75) is 58.3 Å². The Morgan fingerprint density at radius 2 is 0.788 bits per heavy atom. The van der Waals surface area contributed by atoms with E-state index >= 15 is 0 Å². The van der Waals surface area contributed by atoms with Crippen LogP contribution in [-0.4, -0.2) is 71.3 Å². The predicted octanol–water partition coefficient (Wildman–Crippen LogP) is 5.27. The molecule has 0 aromatic rings. The molecule has 1 aliphatic carbocycles. The molecular weight excluding hydrogens is 561 g/mol. The highest BCUT2D eigenvalue weighted by molar-refractivity contribution is 7.87. The van der Waals surface area contributed by atoms with Gasteiger partial charge in [-0.25, -0.2) is 8.78 Å². The molecule has 33 heavy (non-hydrogen) atoms. The lowest BCUT2D eigenvalue weighted by Crippen LogP contribution is -2.91. The average Bonchev–Trinajstić information content (AvgIpc) is 2.55. The summed E-state index contributed by atoms with van der Waals surface area (Å²) >= 11 is 0. The van der Waals surface area contributed by atoms with Gasteiger partial charge in [0.2, 0.25) is 0 Å². The van der Waals surface area contributed by atoms with Crippen molar-refractivity contribution in [2.75, 3.05) is 0 Å². The highest BCUT2D eigenvalue weighted by Gasteiger charge is 3.09. The zero-order valence-electron chi connectivity index (χ0n) is 13.9. The van der Waals surface area contributed by atoms with Crippen molar-refractivity contribution >= 4 is 10.1 Å². The maximum atomic E-state index is 14.2. The third-order valence-electron chi connectivity index (χ3n) is 4.39. The van der Waals surface area contributed by atoms with E-state index in [9.17, 15) is 91.8 Å². The van der Waals surface area contributed by atoms with Crippen molar-refractivity contribution in [2.24, 2.45) is 0 Å². The second-order valence-corrected chi connectivity index (χ2v) is 7.76. The van der Waals surface area contributed by atoms with E-state index in [1.54, 1.807) is 0 Å². The van der Waals surface area contributed by atoms with Gasteiger partial charge in [-0.2, -0.15) is 83.1 Å². The van der Waals surface area contributed by atoms with E-state index in [0.717, 1.165) is 0 Å². The van der Waals surface area contributed by atoms with Crippen molar-refractivity contribution in [3.8, 4) is 0 Å². The molecule has 0 aliphatic heterocycles. The number of alkyl halides is 19. The minimum Gasteiger partial charge on any atom is -0.283 e. The van der Waals surface area contributed by atoms with Crippen molar-refractivity contribution < 1.29 is 96.4 Å². The molecule has 1 rings (SSSR count). The Hall–Kier alpha value is -1.42. The Kier molecular flexibility index (Phi) is 5.76. The van der Waals surface area contributed by atoms with Gasteiger partial charge in [0.05, 0.1) is 0 Å². The minimum atomic E-state index is -9.31. The van der Waals surface area contributed by atoms with E-state index in [-0.39, 0.29) is 0 Å². The van der Waals surface area contributed by atoms with Crippen molar-refractivity contribution in [1.82, 2.24) is 0 Å². The molecule has 0 radical (unpaired) electrons. The quantitative estimate of drug-likeness (QED) is 0.376. The lowest BCUT2D eigenvalue weighted by atomic mass is 9.68. The van der Waals surface area contributed by atoms with E-state index < -0.39 is 68.4 Å². The molecule has 23 heteroatoms. The summed E-state index contributed by atoms with van der Waals surface area (Å²) in [6, 6.07) is 0. The van der Waals surface area contributed by atoms with Gasteiger partial charge in [-0.15, -0.1) is 0 Å². The Morgan fingerprint density at radius 3 is 1.00 bits per heavy atom. The Bertz CT molecular complexity index is 887. The summed E-state index contributed by atoms with van der Waals surface area (Å²) in [5.74, 6) is -62.2. The number of halogens is 19. The summed E-state index contributed by atoms with van der Waals surface area (Å²) in [6.07, 6.45) is -8.10. The fourth-order valence-electron chi connectivity index (χ4n) is 2.54. The molecule has 0 saturated heterocycles. The van der Waals surface area contributed by atoms with Gasteiger partial charge in [-0.05, 0) is 0 Å². The third kappa shape index (κ3) is 2.62. The summed E-state index contributed by atoms with van der Waals surface area (Å²) in [4.78, 5) is 0. The SMILES string of the molecule is O=S(=O)(O)C1(F)C(F)(F)C(F)(F)C(F)(C(F)(F)C(F)(F)C(F)(F)C(F)(F)F)C(F)(F)C1(F)F. The molecule has 0 aromatic carbocycles. The van der Waals surface area contributed by atoms with Crippen LogP contribution in [0.25, 0.3) is 0 Å². The molecule has 0 bridgehead atoms. The summed E-state index contributed by atoms with van der Waals surface area (Å²) in [7, 11) is -8.42. The van der Waals surface area contributed by atoms with Crippen LogP contribution in [-0.2, 0) is 10.1 Å². The Morgan fingerprint density at radius 1 is 0.515 bits per heavy atom. The highest BCUT2D eigenvalue weighted by Crippen LogP contribution is 2.75. The molecule has 0 amide bonds. The van der Waals surface area contributed by atoms with E-state index in [1.807, 2.05) is 0 Å². The molecular formula is C10HF19O3S. The summed E-state index contributed by atoms with van der Waals surface area (Å²) in [5, 5.41) is -8.23. The normalized spacial score (nSPS) is 32.5. The van der Waals surface area contributed by atoms with Gasteiger partial charge in [-0.1, -0.05) is 0 Å². The van der Waals surface area contributed by atoms with Gasteiger partial charge < -0.3 is 0 Å². The van der Waals surface area contributed by atoms with E-state index in [4.69, 9.17) is 4.55 Å². The molecule has 1 saturated carbocycles. The smallest absolute Gasteiger partial charge is 0.283 e. The first-order chi connectivity index (χ1) is 13.8. The molecule has 0 atom stereocenters. The van der Waals surface area contributed by atoms with E-state index in [2.05, 4.69) is 0 Å². The first-order valence-electron chi connectivity index (χ1n) is 6.81. The first-order valence-corrected chi connectivity index (χ1v) is 8.25. The largest absolute Gasteiger partial charge is 0.460 e. The molecule has 0 heterocycles. The molecule has 1 aliphatic rings. The molecule has 0 unspecified atom stereocenters. The molecule has 3 nitrogen and oxygen atoms in total. The van der Waals surface area contributed by atoms with Gasteiger partial charge in [0, 0.05) is 0 Å². The van der Waals surface area contributed by atoms with Crippen LogP contribution in [0.2, 0.25) is 0 Å². The monoisotopic (exact) mass is 562 g/mol. The van der Waals surface area contributed by atoms with E-state index in [1.165, 1.54) is 0 Å². The van der Waals surface area contributed by atoms with Crippen LogP contribution >= 0.6 is 0 Å². The molecule has 1 N–H and O–H groups in total. The van der Waals surface area contributed by atoms with Crippen LogP contribution in [0.5, 0.6) is 0 Å². The first kappa shape index (κ1) is 29.6. The van der Waals surface area contributed by atoms with Crippen LogP contribution in [0.3, 0.4) is 0 Å². The number of hydrogen-bond acceptors (Lipinski definition) is 2. The van der Waals surface area contributed by atoms with Crippen molar-refractivity contribution in [3.05, 3.63) is 0 Å². The second-order valence-electron chi connectivity index (χ2n) is 6.25. The lowest BCUT2D eigenvalue weighted by molar-refractivity contribution is -0.501. The average molecular weight is 562 g/mol. The molecule has 1 fully saturated rings. The fourth-order valence-corrected chi connectivity index (χ4v) is 3.44. The van der Waals surface area contributed by atoms with Crippen LogP contribution in [0.15, 0.2) is 0 Å². The highest BCUT2D eigenvalue weighted by atomic mass is 32.2. The number of hydrogen-bond donors (Lipinski definition) is 1. The summed E-state index contributed by atoms with van der Waals surface area (Å²) in [5.41, 5.74) is -9.28. The zero-order chi connectivity index (χ0) is 27.5. The molecule has 0 spiro atoms. The molecule has 198 valence electrons. The van der Waals surface area contributed by atoms with Crippen LogP contribution in [0, 0.1) is 0 Å². The van der Waals surface area contributed by atoms with Gasteiger partial charge in [0.15, 0.2) is 0 Å². The number of rotatable bonds is 4. The Labute approximate surface area is 166 Å². The van der Waals surface area contributed by atoms with Crippen LogP contribution in [0.4, 0.5) is 83.4 Å². The second kappa shape index (κ2) is 6.42. The van der Waals surface area contributed by atoms with Crippen molar-refractivity contribution in [3.63, 3.8) is 0 Å². The van der Waals surface area contributed by atoms with Gasteiger partial charge in [0.1, 0.15) is 0 Å². The van der Waals surface area contributed by atoms with Gasteiger partial charge in [0.25, 0.3) is 0 Å². The van der Waals surface area contributed by atoms with Crippen LogP contribution in [0.1, 0.15) is 0 Å². The van der Waals surface area contributed by atoms with Crippen LogP contribution < -0.4 is 0 Å². The topological polar surface area (TPSA) is 54.4 Å². The van der Waals surface area contributed by atoms with Crippen molar-refractivity contribution in [1.29, 1.82) is 0 Å². The maximum Gasteiger partial charge on any atom is 0.460 e. The van der Waals surface area contributed by atoms with Gasteiger partial charge in [-0.3, -0.25) is 4.55 Å². The lowest BCUT2D eigenvalue weighted by Gasteiger charge is -2.56. The summed E-state index contributed by atoms with van der Waals surface area (Å²) in [6.45, 7) is 0. The minimum absolute atomic E-state index is 8.05. The third-order valence-corrected chi connectivity index (χ3v) is 5.62. The van der Waals surface area contributed by atoms with E-state index in [0.29, 0.717) is 0 Å². The predicted molar refractivity (Wildman–Crippen MR) is 59.9 cm³/mol. The van der Waals surface area contributed by atoms with Gasteiger partial charge >= 0.3 is 68.4 Å². The standard InChI is InChI=1S/C10HF19O3S/c11-1(2(12,13)5(18,19)8(24,25)10(27,28)29)3(14,15)6(20,21)9(26,33(30,31)32)7(22,23)4(1,16)17/h(H,30,31,32). The maximum absolute atomic E-state index is 14.2.